The van der Waals surface area contributed by atoms with Crippen LogP contribution in [0.1, 0.15) is 43.4 Å². The largest absolute Gasteiger partial charge is 0.309 e. The minimum Gasteiger partial charge on any atom is -0.309 e. The van der Waals surface area contributed by atoms with E-state index in [2.05, 4.69) is 36.5 Å². The van der Waals surface area contributed by atoms with E-state index in [9.17, 15) is 0 Å². The van der Waals surface area contributed by atoms with Gasteiger partial charge in [0.25, 0.3) is 0 Å². The molecule has 15 heavy (non-hydrogen) atoms. The Morgan fingerprint density at radius 3 is 3.13 bits per heavy atom. The van der Waals surface area contributed by atoms with E-state index < -0.39 is 0 Å². The Balaban J connectivity index is 2.06. The van der Waals surface area contributed by atoms with Gasteiger partial charge in [-0.15, -0.1) is 0 Å². The molecule has 80 valence electrons. The summed E-state index contributed by atoms with van der Waals surface area (Å²) in [5.74, 6) is 0. The zero-order valence-corrected chi connectivity index (χ0v) is 9.42. The van der Waals surface area contributed by atoms with E-state index in [1.54, 1.807) is 11.1 Å². The first kappa shape index (κ1) is 9.41. The smallest absolute Gasteiger partial charge is 0.0383 e. The Labute approximate surface area is 91.9 Å². The molecule has 0 aromatic heterocycles. The van der Waals surface area contributed by atoms with Crippen molar-refractivity contribution in [3.63, 3.8) is 0 Å². The maximum absolute atomic E-state index is 3.73. The second kappa shape index (κ2) is 3.34. The summed E-state index contributed by atoms with van der Waals surface area (Å²) < 4.78 is 0. The maximum atomic E-state index is 3.73. The number of hydrogen-bond donors (Lipinski definition) is 1. The number of fused-ring (bicyclic) bond motifs is 3. The molecule has 1 nitrogen and oxygen atoms in total. The Morgan fingerprint density at radius 2 is 2.27 bits per heavy atom. The quantitative estimate of drug-likeness (QED) is 0.736. The van der Waals surface area contributed by atoms with Crippen LogP contribution in [0.3, 0.4) is 0 Å². The van der Waals surface area contributed by atoms with Crippen LogP contribution in [0, 0.1) is 5.41 Å². The molecule has 1 aromatic rings. The van der Waals surface area contributed by atoms with Crippen molar-refractivity contribution < 1.29 is 0 Å². The van der Waals surface area contributed by atoms with E-state index in [1.165, 1.54) is 32.2 Å². The summed E-state index contributed by atoms with van der Waals surface area (Å²) in [6, 6.07) is 9.62. The van der Waals surface area contributed by atoms with Crippen molar-refractivity contribution in [2.75, 3.05) is 6.54 Å². The zero-order chi connectivity index (χ0) is 10.3. The van der Waals surface area contributed by atoms with Crippen molar-refractivity contribution in [3.05, 3.63) is 35.4 Å². The second-order valence-electron chi connectivity index (χ2n) is 5.08. The standard InChI is InChI=1S/C14H19N/c1-2-14-8-5-9-15-13(14)12-7-4-3-6-11(12)10-14/h3-4,6-7,13,15H,2,5,8-10H2,1H3/t13?,14-/m0/s1. The molecule has 0 spiro atoms. The van der Waals surface area contributed by atoms with Crippen LogP contribution in [0.4, 0.5) is 0 Å². The molecule has 1 heteroatoms. The summed E-state index contributed by atoms with van der Waals surface area (Å²) in [6.07, 6.45) is 5.34. The fourth-order valence-electron chi connectivity index (χ4n) is 3.54. The summed E-state index contributed by atoms with van der Waals surface area (Å²) in [6.45, 7) is 3.55. The van der Waals surface area contributed by atoms with Crippen LogP contribution < -0.4 is 5.32 Å². The highest BCUT2D eigenvalue weighted by atomic mass is 15.0. The van der Waals surface area contributed by atoms with E-state index in [0.29, 0.717) is 11.5 Å². The third kappa shape index (κ3) is 1.26. The Kier molecular flexibility index (Phi) is 2.10. The van der Waals surface area contributed by atoms with E-state index in [0.717, 1.165) is 0 Å². The minimum atomic E-state index is 0.530. The van der Waals surface area contributed by atoms with Crippen molar-refractivity contribution in [1.29, 1.82) is 0 Å². The molecule has 2 atom stereocenters. The van der Waals surface area contributed by atoms with Crippen molar-refractivity contribution in [3.8, 4) is 0 Å². The van der Waals surface area contributed by atoms with Crippen molar-refractivity contribution >= 4 is 0 Å². The molecule has 1 fully saturated rings. The molecule has 1 heterocycles. The highest BCUT2D eigenvalue weighted by molar-refractivity contribution is 5.38. The van der Waals surface area contributed by atoms with Gasteiger partial charge in [-0.3, -0.25) is 0 Å². The van der Waals surface area contributed by atoms with Crippen molar-refractivity contribution in [1.82, 2.24) is 5.32 Å². The molecule has 1 unspecified atom stereocenters. The third-order valence-corrected chi connectivity index (χ3v) is 4.43. The van der Waals surface area contributed by atoms with Crippen LogP contribution >= 0.6 is 0 Å². The van der Waals surface area contributed by atoms with Gasteiger partial charge < -0.3 is 5.32 Å². The molecule has 1 aromatic carbocycles. The average molecular weight is 201 g/mol. The predicted molar refractivity (Wildman–Crippen MR) is 62.8 cm³/mol. The SMILES string of the molecule is CC[C@@]12CCCNC1c1ccccc1C2. The molecular formula is C14H19N. The molecule has 0 saturated carbocycles. The summed E-state index contributed by atoms with van der Waals surface area (Å²) in [4.78, 5) is 0. The van der Waals surface area contributed by atoms with E-state index in [-0.39, 0.29) is 0 Å². The highest BCUT2D eigenvalue weighted by Gasteiger charge is 2.45. The number of benzene rings is 1. The van der Waals surface area contributed by atoms with Gasteiger partial charge in [0.05, 0.1) is 0 Å². The van der Waals surface area contributed by atoms with Crippen LogP contribution in [-0.4, -0.2) is 6.54 Å². The van der Waals surface area contributed by atoms with E-state index in [4.69, 9.17) is 0 Å². The van der Waals surface area contributed by atoms with Crippen molar-refractivity contribution in [2.45, 2.75) is 38.6 Å². The Morgan fingerprint density at radius 1 is 1.40 bits per heavy atom. The van der Waals surface area contributed by atoms with Crippen LogP contribution in [0.15, 0.2) is 24.3 Å². The van der Waals surface area contributed by atoms with Gasteiger partial charge in [0, 0.05) is 6.04 Å². The first-order valence-corrected chi connectivity index (χ1v) is 6.17. The van der Waals surface area contributed by atoms with Gasteiger partial charge in [-0.25, -0.2) is 0 Å². The van der Waals surface area contributed by atoms with Gasteiger partial charge in [-0.05, 0) is 48.8 Å². The lowest BCUT2D eigenvalue weighted by molar-refractivity contribution is 0.146. The summed E-state index contributed by atoms with van der Waals surface area (Å²) >= 11 is 0. The molecule has 1 aliphatic heterocycles. The van der Waals surface area contributed by atoms with Gasteiger partial charge in [0.1, 0.15) is 0 Å². The lowest BCUT2D eigenvalue weighted by Crippen LogP contribution is -2.40. The third-order valence-electron chi connectivity index (χ3n) is 4.43. The van der Waals surface area contributed by atoms with Gasteiger partial charge in [0.15, 0.2) is 0 Å². The monoisotopic (exact) mass is 201 g/mol. The van der Waals surface area contributed by atoms with Crippen LogP contribution in [-0.2, 0) is 6.42 Å². The average Bonchev–Trinajstić information content (AvgIpc) is 2.64. The number of hydrogen-bond acceptors (Lipinski definition) is 1. The molecule has 0 bridgehead atoms. The lowest BCUT2D eigenvalue weighted by Gasteiger charge is -2.40. The number of piperidine rings is 1. The van der Waals surface area contributed by atoms with E-state index >= 15 is 0 Å². The van der Waals surface area contributed by atoms with Gasteiger partial charge >= 0.3 is 0 Å². The zero-order valence-electron chi connectivity index (χ0n) is 9.42. The molecule has 3 rings (SSSR count). The molecule has 0 amide bonds. The minimum absolute atomic E-state index is 0.530. The maximum Gasteiger partial charge on any atom is 0.0383 e. The molecule has 1 saturated heterocycles. The normalized spacial score (nSPS) is 33.5. The lowest BCUT2D eigenvalue weighted by atomic mass is 9.72. The Bertz CT molecular complexity index is 371. The first-order chi connectivity index (χ1) is 7.36. The summed E-state index contributed by atoms with van der Waals surface area (Å²) in [7, 11) is 0. The van der Waals surface area contributed by atoms with Gasteiger partial charge in [0.2, 0.25) is 0 Å². The van der Waals surface area contributed by atoms with Crippen molar-refractivity contribution in [2.24, 2.45) is 5.41 Å². The fourth-order valence-corrected chi connectivity index (χ4v) is 3.54. The first-order valence-electron chi connectivity index (χ1n) is 6.17. The topological polar surface area (TPSA) is 12.0 Å². The Hall–Kier alpha value is -0.820. The molecule has 0 radical (unpaired) electrons. The summed E-state index contributed by atoms with van der Waals surface area (Å²) in [5, 5.41) is 3.73. The van der Waals surface area contributed by atoms with Gasteiger partial charge in [-0.2, -0.15) is 0 Å². The summed E-state index contributed by atoms with van der Waals surface area (Å²) in [5.41, 5.74) is 3.68. The second-order valence-corrected chi connectivity index (χ2v) is 5.08. The highest BCUT2D eigenvalue weighted by Crippen LogP contribution is 2.52. The van der Waals surface area contributed by atoms with E-state index in [1.807, 2.05) is 0 Å². The van der Waals surface area contributed by atoms with Gasteiger partial charge in [-0.1, -0.05) is 31.2 Å². The number of rotatable bonds is 1. The molecule has 2 aliphatic rings. The predicted octanol–water partition coefficient (Wildman–Crippen LogP) is 3.06. The van der Waals surface area contributed by atoms with Crippen LogP contribution in [0.5, 0.6) is 0 Å². The molecular weight excluding hydrogens is 182 g/mol. The van der Waals surface area contributed by atoms with Crippen LogP contribution in [0.2, 0.25) is 0 Å². The molecule has 1 N–H and O–H groups in total. The molecule has 1 aliphatic carbocycles. The number of nitrogens with one attached hydrogen (secondary N) is 1. The fraction of sp³-hybridized carbons (Fsp3) is 0.571. The van der Waals surface area contributed by atoms with Crippen LogP contribution in [0.25, 0.3) is 0 Å².